The molecule has 0 aliphatic heterocycles. The van der Waals surface area contributed by atoms with Crippen molar-refractivity contribution < 1.29 is 23.1 Å². The molecule has 5 N–H and O–H groups in total. The topological polar surface area (TPSA) is 87.4 Å². The van der Waals surface area contributed by atoms with Gasteiger partial charge < -0.3 is 21.5 Å². The third-order valence-corrected chi connectivity index (χ3v) is 1.57. The highest BCUT2D eigenvalue weighted by Gasteiger charge is 2.27. The molecule has 2 amide bonds. The van der Waals surface area contributed by atoms with Gasteiger partial charge in [0, 0.05) is 12.6 Å². The molecular weight excluding hydrogens is 215 g/mol. The van der Waals surface area contributed by atoms with Crippen LogP contribution in [0.4, 0.5) is 18.0 Å². The number of hydrogen-bond acceptors (Lipinski definition) is 3. The second-order valence-corrected chi connectivity index (χ2v) is 3.08. The zero-order chi connectivity index (χ0) is 12.1. The van der Waals surface area contributed by atoms with Gasteiger partial charge in [0.25, 0.3) is 0 Å². The first kappa shape index (κ1) is 14.0. The van der Waals surface area contributed by atoms with E-state index < -0.39 is 30.9 Å². The van der Waals surface area contributed by atoms with Crippen LogP contribution in [0.15, 0.2) is 0 Å². The van der Waals surface area contributed by atoms with Crippen molar-refractivity contribution in [3.8, 4) is 0 Å². The number of carbonyl (C=O) groups is 1. The Morgan fingerprint density at radius 1 is 1.47 bits per heavy atom. The molecule has 2 atom stereocenters. The summed E-state index contributed by atoms with van der Waals surface area (Å²) in [5.74, 6) is 0. The summed E-state index contributed by atoms with van der Waals surface area (Å²) in [5.41, 5.74) is 5.33. The summed E-state index contributed by atoms with van der Waals surface area (Å²) in [6.45, 7) is -0.0793. The van der Waals surface area contributed by atoms with Crippen molar-refractivity contribution in [2.45, 2.75) is 25.2 Å². The minimum Gasteiger partial charge on any atom is -0.392 e. The monoisotopic (exact) mass is 229 g/mol. The van der Waals surface area contributed by atoms with Gasteiger partial charge in [-0.2, -0.15) is 13.2 Å². The van der Waals surface area contributed by atoms with Crippen molar-refractivity contribution in [2.75, 3.05) is 13.1 Å². The molecule has 5 nitrogen and oxygen atoms in total. The average molecular weight is 229 g/mol. The van der Waals surface area contributed by atoms with E-state index in [-0.39, 0.29) is 6.54 Å². The Labute approximate surface area is 84.8 Å². The molecule has 0 aromatic carbocycles. The van der Waals surface area contributed by atoms with Crippen molar-refractivity contribution >= 4 is 6.03 Å². The third-order valence-electron chi connectivity index (χ3n) is 1.57. The minimum atomic E-state index is -4.44. The van der Waals surface area contributed by atoms with Gasteiger partial charge in [-0.25, -0.2) is 4.79 Å². The van der Waals surface area contributed by atoms with E-state index in [2.05, 4.69) is 5.32 Å². The second-order valence-electron chi connectivity index (χ2n) is 3.08. The number of nitrogens with two attached hydrogens (primary N) is 1. The standard InChI is InChI=1S/C7H14F3N3O2/c1-4(14)5(11)2-12-6(15)13-3-7(8,9)10/h4-5,14H,2-3,11H2,1H3,(H2,12,13,15). The van der Waals surface area contributed by atoms with Crippen LogP contribution in [0.25, 0.3) is 0 Å². The molecule has 0 saturated heterocycles. The van der Waals surface area contributed by atoms with Gasteiger partial charge >= 0.3 is 12.2 Å². The summed E-state index contributed by atoms with van der Waals surface area (Å²) in [4.78, 5) is 10.8. The summed E-state index contributed by atoms with van der Waals surface area (Å²) in [6.07, 6.45) is -5.28. The number of aliphatic hydroxyl groups is 1. The number of carbonyl (C=O) groups excluding carboxylic acids is 1. The third kappa shape index (κ3) is 8.01. The normalized spacial score (nSPS) is 15.6. The lowest BCUT2D eigenvalue weighted by atomic mass is 10.2. The number of halogens is 3. The van der Waals surface area contributed by atoms with Gasteiger partial charge in [0.15, 0.2) is 0 Å². The predicted molar refractivity (Wildman–Crippen MR) is 47.1 cm³/mol. The Balaban J connectivity index is 3.67. The maximum Gasteiger partial charge on any atom is 0.405 e. The van der Waals surface area contributed by atoms with E-state index >= 15 is 0 Å². The fourth-order valence-corrected chi connectivity index (χ4v) is 0.624. The molecule has 90 valence electrons. The van der Waals surface area contributed by atoms with Crippen molar-refractivity contribution in [1.82, 2.24) is 10.6 Å². The summed E-state index contributed by atoms with van der Waals surface area (Å²) in [5, 5.41) is 12.6. The average Bonchev–Trinajstić information content (AvgIpc) is 2.09. The predicted octanol–water partition coefficient (Wildman–Crippen LogP) is -0.444. The molecule has 0 bridgehead atoms. The van der Waals surface area contributed by atoms with Gasteiger partial charge in [-0.15, -0.1) is 0 Å². The Morgan fingerprint density at radius 3 is 2.40 bits per heavy atom. The zero-order valence-electron chi connectivity index (χ0n) is 8.14. The molecule has 0 aromatic heterocycles. The largest absolute Gasteiger partial charge is 0.405 e. The van der Waals surface area contributed by atoms with E-state index in [9.17, 15) is 18.0 Å². The molecule has 15 heavy (non-hydrogen) atoms. The second kappa shape index (κ2) is 5.76. The highest BCUT2D eigenvalue weighted by atomic mass is 19.4. The van der Waals surface area contributed by atoms with E-state index in [1.807, 2.05) is 0 Å². The molecule has 2 unspecified atom stereocenters. The van der Waals surface area contributed by atoms with Gasteiger partial charge in [0.05, 0.1) is 6.10 Å². The summed E-state index contributed by atoms with van der Waals surface area (Å²) in [7, 11) is 0. The first-order chi connectivity index (χ1) is 6.72. The quantitative estimate of drug-likeness (QED) is 0.527. The molecule has 0 aromatic rings. The number of amides is 2. The maximum atomic E-state index is 11.6. The van der Waals surface area contributed by atoms with Crippen LogP contribution >= 0.6 is 0 Å². The minimum absolute atomic E-state index is 0.0959. The molecule has 0 aliphatic carbocycles. The van der Waals surface area contributed by atoms with E-state index in [0.717, 1.165) is 0 Å². The lowest BCUT2D eigenvalue weighted by Crippen LogP contribution is -2.48. The smallest absolute Gasteiger partial charge is 0.392 e. The van der Waals surface area contributed by atoms with Crippen molar-refractivity contribution in [3.05, 3.63) is 0 Å². The summed E-state index contributed by atoms with van der Waals surface area (Å²) < 4.78 is 34.9. The van der Waals surface area contributed by atoms with E-state index in [4.69, 9.17) is 10.8 Å². The Morgan fingerprint density at radius 2 is 2.00 bits per heavy atom. The maximum absolute atomic E-state index is 11.6. The molecule has 0 heterocycles. The number of nitrogens with one attached hydrogen (secondary N) is 2. The van der Waals surface area contributed by atoms with Crippen molar-refractivity contribution in [2.24, 2.45) is 5.73 Å². The van der Waals surface area contributed by atoms with Crippen LogP contribution in [0.5, 0.6) is 0 Å². The molecule has 8 heteroatoms. The molecule has 0 radical (unpaired) electrons. The van der Waals surface area contributed by atoms with Gasteiger partial charge in [-0.1, -0.05) is 0 Å². The number of rotatable bonds is 4. The van der Waals surface area contributed by atoms with Crippen LogP contribution in [-0.2, 0) is 0 Å². The van der Waals surface area contributed by atoms with Gasteiger partial charge in [-0.05, 0) is 6.92 Å². The molecule has 0 aliphatic rings. The van der Waals surface area contributed by atoms with Gasteiger partial charge in [0.1, 0.15) is 6.54 Å². The Hall–Kier alpha value is -1.02. The first-order valence-corrected chi connectivity index (χ1v) is 4.24. The van der Waals surface area contributed by atoms with Crippen molar-refractivity contribution in [1.29, 1.82) is 0 Å². The fraction of sp³-hybridized carbons (Fsp3) is 0.857. The SMILES string of the molecule is CC(O)C(N)CNC(=O)NCC(F)(F)F. The van der Waals surface area contributed by atoms with Crippen LogP contribution < -0.4 is 16.4 Å². The van der Waals surface area contributed by atoms with Crippen LogP contribution in [0.1, 0.15) is 6.92 Å². The highest BCUT2D eigenvalue weighted by molar-refractivity contribution is 5.73. The summed E-state index contributed by atoms with van der Waals surface area (Å²) in [6, 6.07) is -1.68. The molecule has 0 fully saturated rings. The number of hydrogen-bond donors (Lipinski definition) is 4. The van der Waals surface area contributed by atoms with Crippen molar-refractivity contribution in [3.63, 3.8) is 0 Å². The fourth-order valence-electron chi connectivity index (χ4n) is 0.624. The van der Waals surface area contributed by atoms with Crippen LogP contribution in [-0.4, -0.2) is 42.5 Å². The van der Waals surface area contributed by atoms with E-state index in [1.54, 1.807) is 5.32 Å². The molecule has 0 rings (SSSR count). The highest BCUT2D eigenvalue weighted by Crippen LogP contribution is 2.11. The van der Waals surface area contributed by atoms with Gasteiger partial charge in [0.2, 0.25) is 0 Å². The first-order valence-electron chi connectivity index (χ1n) is 4.24. The van der Waals surface area contributed by atoms with E-state index in [1.165, 1.54) is 6.92 Å². The number of urea groups is 1. The molecule has 0 spiro atoms. The molecule has 0 saturated carbocycles. The Kier molecular flexibility index (Phi) is 5.37. The zero-order valence-corrected chi connectivity index (χ0v) is 8.14. The lowest BCUT2D eigenvalue weighted by Gasteiger charge is -2.16. The Bertz CT molecular complexity index is 208. The van der Waals surface area contributed by atoms with Crippen LogP contribution in [0, 0.1) is 0 Å². The van der Waals surface area contributed by atoms with Crippen LogP contribution in [0.3, 0.4) is 0 Å². The number of aliphatic hydroxyl groups excluding tert-OH is 1. The molecular formula is C7H14F3N3O2. The number of alkyl halides is 3. The van der Waals surface area contributed by atoms with Crippen LogP contribution in [0.2, 0.25) is 0 Å². The summed E-state index contributed by atoms with van der Waals surface area (Å²) >= 11 is 0. The van der Waals surface area contributed by atoms with Gasteiger partial charge in [-0.3, -0.25) is 0 Å². The van der Waals surface area contributed by atoms with E-state index in [0.29, 0.717) is 0 Å². The lowest BCUT2D eigenvalue weighted by molar-refractivity contribution is -0.122.